The summed E-state index contributed by atoms with van der Waals surface area (Å²) in [6, 6.07) is 11.9. The number of carbonyl (C=O) groups is 1. The molecule has 0 unspecified atom stereocenters. The zero-order valence-corrected chi connectivity index (χ0v) is 14.6. The summed E-state index contributed by atoms with van der Waals surface area (Å²) in [5.74, 6) is 0.973. The van der Waals surface area contributed by atoms with Gasteiger partial charge in [-0.3, -0.25) is 4.90 Å². The number of aromatic nitrogens is 1. The quantitative estimate of drug-likeness (QED) is 0.858. The number of carboxylic acid groups (broad SMARTS) is 1. The smallest absolute Gasteiger partial charge is 0.404 e. The van der Waals surface area contributed by atoms with E-state index < -0.39 is 6.09 Å². The number of hydrogen-bond donors (Lipinski definition) is 2. The summed E-state index contributed by atoms with van der Waals surface area (Å²) >= 11 is 5.93. The van der Waals surface area contributed by atoms with Gasteiger partial charge in [-0.1, -0.05) is 23.7 Å². The molecular weight excluding hydrogens is 340 g/mol. The van der Waals surface area contributed by atoms with Gasteiger partial charge >= 0.3 is 6.09 Å². The number of anilines is 1. The Kier molecular flexibility index (Phi) is 5.73. The SMILES string of the molecule is O=C(O)NCCN1CCN(c2ccc(-c3ccc(Cl)cc3)cn2)CC1. The lowest BCUT2D eigenvalue weighted by molar-refractivity contribution is 0.190. The summed E-state index contributed by atoms with van der Waals surface area (Å²) in [7, 11) is 0. The molecule has 0 radical (unpaired) electrons. The van der Waals surface area contributed by atoms with Crippen molar-refractivity contribution in [3.05, 3.63) is 47.6 Å². The van der Waals surface area contributed by atoms with Crippen molar-refractivity contribution in [1.82, 2.24) is 15.2 Å². The van der Waals surface area contributed by atoms with Crippen LogP contribution in [0.1, 0.15) is 0 Å². The van der Waals surface area contributed by atoms with E-state index in [4.69, 9.17) is 16.7 Å². The minimum atomic E-state index is -0.969. The molecule has 6 nitrogen and oxygen atoms in total. The van der Waals surface area contributed by atoms with Crippen molar-refractivity contribution in [3.8, 4) is 11.1 Å². The molecule has 1 aliphatic rings. The molecular formula is C18H21ClN4O2. The molecule has 2 aromatic rings. The van der Waals surface area contributed by atoms with Gasteiger partial charge in [0.25, 0.3) is 0 Å². The molecule has 0 aliphatic carbocycles. The van der Waals surface area contributed by atoms with E-state index in [2.05, 4.69) is 26.2 Å². The van der Waals surface area contributed by atoms with Gasteiger partial charge in [0.1, 0.15) is 5.82 Å². The van der Waals surface area contributed by atoms with E-state index in [1.165, 1.54) is 0 Å². The number of hydrogen-bond acceptors (Lipinski definition) is 4. The van der Waals surface area contributed by atoms with Gasteiger partial charge in [-0.25, -0.2) is 9.78 Å². The lowest BCUT2D eigenvalue weighted by atomic mass is 10.1. The Morgan fingerprint density at radius 2 is 1.76 bits per heavy atom. The predicted octanol–water partition coefficient (Wildman–Crippen LogP) is 2.79. The van der Waals surface area contributed by atoms with Crippen LogP contribution in [0.3, 0.4) is 0 Å². The van der Waals surface area contributed by atoms with Gasteiger partial charge in [-0.2, -0.15) is 0 Å². The normalized spacial score (nSPS) is 15.2. The summed E-state index contributed by atoms with van der Waals surface area (Å²) < 4.78 is 0. The fraction of sp³-hybridized carbons (Fsp3) is 0.333. The lowest BCUT2D eigenvalue weighted by Gasteiger charge is -2.35. The molecule has 1 saturated heterocycles. The molecule has 1 fully saturated rings. The number of piperazine rings is 1. The van der Waals surface area contributed by atoms with Crippen LogP contribution >= 0.6 is 11.6 Å². The second kappa shape index (κ2) is 8.18. The number of benzene rings is 1. The number of pyridine rings is 1. The lowest BCUT2D eigenvalue weighted by Crippen LogP contribution is -2.48. The number of nitrogens with one attached hydrogen (secondary N) is 1. The molecule has 1 aromatic heterocycles. The van der Waals surface area contributed by atoms with E-state index >= 15 is 0 Å². The van der Waals surface area contributed by atoms with Gasteiger partial charge in [0.2, 0.25) is 0 Å². The molecule has 1 aromatic carbocycles. The van der Waals surface area contributed by atoms with E-state index in [0.717, 1.165) is 54.7 Å². The van der Waals surface area contributed by atoms with Gasteiger partial charge < -0.3 is 15.3 Å². The van der Waals surface area contributed by atoms with Crippen molar-refractivity contribution in [2.45, 2.75) is 0 Å². The zero-order chi connectivity index (χ0) is 17.6. The van der Waals surface area contributed by atoms with Crippen LogP contribution in [0.15, 0.2) is 42.6 Å². The molecule has 0 spiro atoms. The highest BCUT2D eigenvalue weighted by atomic mass is 35.5. The van der Waals surface area contributed by atoms with Gasteiger partial charge in [0.15, 0.2) is 0 Å². The molecule has 1 aliphatic heterocycles. The maximum absolute atomic E-state index is 10.5. The highest BCUT2D eigenvalue weighted by Gasteiger charge is 2.17. The fourth-order valence-electron chi connectivity index (χ4n) is 2.91. The Balaban J connectivity index is 1.53. The van der Waals surface area contributed by atoms with Crippen molar-refractivity contribution >= 4 is 23.5 Å². The number of halogens is 1. The molecule has 0 bridgehead atoms. The molecule has 3 rings (SSSR count). The van der Waals surface area contributed by atoms with E-state index in [-0.39, 0.29) is 0 Å². The Morgan fingerprint density at radius 3 is 2.36 bits per heavy atom. The average molecular weight is 361 g/mol. The first kappa shape index (κ1) is 17.5. The largest absolute Gasteiger partial charge is 0.465 e. The van der Waals surface area contributed by atoms with Crippen LogP contribution in [0, 0.1) is 0 Å². The minimum Gasteiger partial charge on any atom is -0.465 e. The second-order valence-electron chi connectivity index (χ2n) is 5.97. The van der Waals surface area contributed by atoms with Gasteiger partial charge in [-0.15, -0.1) is 0 Å². The van der Waals surface area contributed by atoms with Crippen LogP contribution in [-0.2, 0) is 0 Å². The first-order valence-electron chi connectivity index (χ1n) is 8.28. The van der Waals surface area contributed by atoms with Crippen molar-refractivity contribution in [1.29, 1.82) is 0 Å². The van der Waals surface area contributed by atoms with Gasteiger partial charge in [0.05, 0.1) is 0 Å². The first-order chi connectivity index (χ1) is 12.1. The third-order valence-corrected chi connectivity index (χ3v) is 4.58. The highest BCUT2D eigenvalue weighted by molar-refractivity contribution is 6.30. The van der Waals surface area contributed by atoms with Gasteiger partial charge in [-0.05, 0) is 29.8 Å². The topological polar surface area (TPSA) is 68.7 Å². The predicted molar refractivity (Wildman–Crippen MR) is 99.4 cm³/mol. The van der Waals surface area contributed by atoms with Crippen molar-refractivity contribution in [3.63, 3.8) is 0 Å². The van der Waals surface area contributed by atoms with Crippen LogP contribution in [0.4, 0.5) is 10.6 Å². The summed E-state index contributed by atoms with van der Waals surface area (Å²) in [6.45, 7) is 4.79. The Hall–Kier alpha value is -2.31. The maximum atomic E-state index is 10.5. The maximum Gasteiger partial charge on any atom is 0.404 e. The van der Waals surface area contributed by atoms with Crippen LogP contribution in [-0.4, -0.2) is 60.4 Å². The molecule has 132 valence electrons. The summed E-state index contributed by atoms with van der Waals surface area (Å²) in [6.07, 6.45) is 0.922. The number of rotatable bonds is 5. The molecule has 2 N–H and O–H groups in total. The van der Waals surface area contributed by atoms with E-state index in [9.17, 15) is 4.79 Å². The standard InChI is InChI=1S/C18H21ClN4O2/c19-16-4-1-14(2-5-16)15-3-6-17(21-13-15)23-11-9-22(10-12-23)8-7-20-18(24)25/h1-6,13,20H,7-12H2,(H,24,25). The van der Waals surface area contributed by atoms with Crippen LogP contribution < -0.4 is 10.2 Å². The molecule has 7 heteroatoms. The van der Waals surface area contributed by atoms with Crippen LogP contribution in [0.25, 0.3) is 11.1 Å². The summed E-state index contributed by atoms with van der Waals surface area (Å²) in [5, 5.41) is 11.7. The van der Waals surface area contributed by atoms with Crippen LogP contribution in [0.2, 0.25) is 5.02 Å². The van der Waals surface area contributed by atoms with Crippen molar-refractivity contribution < 1.29 is 9.90 Å². The minimum absolute atomic E-state index is 0.462. The average Bonchev–Trinajstić information content (AvgIpc) is 2.63. The Morgan fingerprint density at radius 1 is 1.08 bits per heavy atom. The number of amides is 1. The highest BCUT2D eigenvalue weighted by Crippen LogP contribution is 2.23. The van der Waals surface area contributed by atoms with Crippen molar-refractivity contribution in [2.75, 3.05) is 44.2 Å². The summed E-state index contributed by atoms with van der Waals surface area (Å²) in [5.41, 5.74) is 2.16. The third-order valence-electron chi connectivity index (χ3n) is 4.33. The third kappa shape index (κ3) is 4.84. The van der Waals surface area contributed by atoms with Crippen LogP contribution in [0.5, 0.6) is 0 Å². The Bertz CT molecular complexity index is 698. The fourth-order valence-corrected chi connectivity index (χ4v) is 3.03. The monoisotopic (exact) mass is 360 g/mol. The zero-order valence-electron chi connectivity index (χ0n) is 13.9. The molecule has 2 heterocycles. The first-order valence-corrected chi connectivity index (χ1v) is 8.66. The van der Waals surface area contributed by atoms with Gasteiger partial charge in [0, 0.05) is 56.1 Å². The van der Waals surface area contributed by atoms with E-state index in [1.54, 1.807) is 0 Å². The van der Waals surface area contributed by atoms with Crippen molar-refractivity contribution in [2.24, 2.45) is 0 Å². The molecule has 25 heavy (non-hydrogen) atoms. The second-order valence-corrected chi connectivity index (χ2v) is 6.41. The molecule has 0 saturated carbocycles. The summed E-state index contributed by atoms with van der Waals surface area (Å²) in [4.78, 5) is 19.6. The molecule has 0 atom stereocenters. The molecule has 1 amide bonds. The Labute approximate surface area is 152 Å². The number of nitrogens with zero attached hydrogens (tertiary/aromatic N) is 3. The van der Waals surface area contributed by atoms with E-state index in [0.29, 0.717) is 6.54 Å². The van der Waals surface area contributed by atoms with E-state index in [1.807, 2.05) is 36.5 Å².